The number of hydrogen-bond donors (Lipinski definition) is 0. The molecular weight excluding hydrogens is 250 g/mol. The van der Waals surface area contributed by atoms with Crippen molar-refractivity contribution in [1.29, 1.82) is 0 Å². The van der Waals surface area contributed by atoms with E-state index in [1.54, 1.807) is 13.8 Å². The van der Waals surface area contributed by atoms with Crippen LogP contribution in [0, 0.1) is 0 Å². The lowest BCUT2D eigenvalue weighted by Crippen LogP contribution is -2.38. The SMILES string of the molecule is CCCC(=O)N(CCC(=O)OCC)CC(=O)OCC. The third-order valence-corrected chi connectivity index (χ3v) is 2.33. The summed E-state index contributed by atoms with van der Waals surface area (Å²) in [6.07, 6.45) is 1.13. The maximum absolute atomic E-state index is 11.8. The predicted octanol–water partition coefficient (Wildman–Crippen LogP) is 1.13. The molecule has 0 heterocycles. The van der Waals surface area contributed by atoms with Gasteiger partial charge in [-0.05, 0) is 20.3 Å². The van der Waals surface area contributed by atoms with E-state index in [0.717, 1.165) is 0 Å². The monoisotopic (exact) mass is 273 g/mol. The summed E-state index contributed by atoms with van der Waals surface area (Å²) in [5.41, 5.74) is 0. The second-order valence-electron chi connectivity index (χ2n) is 3.93. The van der Waals surface area contributed by atoms with E-state index in [1.807, 2.05) is 6.92 Å². The second kappa shape index (κ2) is 10.3. The van der Waals surface area contributed by atoms with Crippen molar-refractivity contribution in [3.63, 3.8) is 0 Å². The van der Waals surface area contributed by atoms with Crippen LogP contribution in [0.5, 0.6) is 0 Å². The van der Waals surface area contributed by atoms with Gasteiger partial charge in [0.2, 0.25) is 5.91 Å². The van der Waals surface area contributed by atoms with Gasteiger partial charge in [0.25, 0.3) is 0 Å². The van der Waals surface area contributed by atoms with E-state index in [0.29, 0.717) is 19.4 Å². The van der Waals surface area contributed by atoms with Gasteiger partial charge in [-0.15, -0.1) is 0 Å². The summed E-state index contributed by atoms with van der Waals surface area (Å²) in [7, 11) is 0. The molecule has 6 heteroatoms. The van der Waals surface area contributed by atoms with Crippen LogP contribution >= 0.6 is 0 Å². The molecule has 0 saturated heterocycles. The second-order valence-corrected chi connectivity index (χ2v) is 3.93. The first kappa shape index (κ1) is 17.4. The normalized spacial score (nSPS) is 9.84. The lowest BCUT2D eigenvalue weighted by atomic mass is 10.2. The molecule has 0 rings (SSSR count). The molecule has 19 heavy (non-hydrogen) atoms. The van der Waals surface area contributed by atoms with Crippen LogP contribution in [0.4, 0.5) is 0 Å². The minimum Gasteiger partial charge on any atom is -0.466 e. The molecule has 0 aliphatic rings. The van der Waals surface area contributed by atoms with Crippen LogP contribution in [0.15, 0.2) is 0 Å². The Balaban J connectivity index is 4.37. The molecule has 0 aromatic heterocycles. The summed E-state index contributed by atoms with van der Waals surface area (Å²) >= 11 is 0. The number of esters is 2. The van der Waals surface area contributed by atoms with E-state index in [9.17, 15) is 14.4 Å². The van der Waals surface area contributed by atoms with Crippen molar-refractivity contribution in [2.24, 2.45) is 0 Å². The van der Waals surface area contributed by atoms with Crippen LogP contribution < -0.4 is 0 Å². The molecule has 110 valence electrons. The Bertz CT molecular complexity index is 303. The van der Waals surface area contributed by atoms with Crippen molar-refractivity contribution in [3.8, 4) is 0 Å². The number of carbonyl (C=O) groups is 3. The Labute approximate surface area is 114 Å². The van der Waals surface area contributed by atoms with Crippen LogP contribution in [0.1, 0.15) is 40.0 Å². The minimum atomic E-state index is -0.462. The van der Waals surface area contributed by atoms with Gasteiger partial charge in [-0.2, -0.15) is 0 Å². The van der Waals surface area contributed by atoms with Crippen molar-refractivity contribution >= 4 is 17.8 Å². The molecule has 0 aliphatic carbocycles. The Kier molecular flexibility index (Phi) is 9.48. The average Bonchev–Trinajstić information content (AvgIpc) is 2.35. The smallest absolute Gasteiger partial charge is 0.325 e. The molecule has 0 fully saturated rings. The van der Waals surface area contributed by atoms with Gasteiger partial charge in [0.1, 0.15) is 6.54 Å². The first-order valence-electron chi connectivity index (χ1n) is 6.64. The van der Waals surface area contributed by atoms with Gasteiger partial charge in [-0.3, -0.25) is 14.4 Å². The first-order chi connectivity index (χ1) is 9.04. The summed E-state index contributed by atoms with van der Waals surface area (Å²) in [5.74, 6) is -0.990. The number of carbonyl (C=O) groups excluding carboxylic acids is 3. The number of hydrogen-bond acceptors (Lipinski definition) is 5. The lowest BCUT2D eigenvalue weighted by Gasteiger charge is -2.21. The first-order valence-corrected chi connectivity index (χ1v) is 6.64. The summed E-state index contributed by atoms with van der Waals surface area (Å²) in [6, 6.07) is 0. The number of amides is 1. The quantitative estimate of drug-likeness (QED) is 0.589. The highest BCUT2D eigenvalue weighted by Gasteiger charge is 2.18. The van der Waals surface area contributed by atoms with Crippen LogP contribution in [-0.4, -0.2) is 49.0 Å². The molecule has 0 bridgehead atoms. The van der Waals surface area contributed by atoms with Gasteiger partial charge in [0.15, 0.2) is 0 Å². The van der Waals surface area contributed by atoms with Gasteiger partial charge in [-0.25, -0.2) is 0 Å². The summed E-state index contributed by atoms with van der Waals surface area (Å²) < 4.78 is 9.60. The van der Waals surface area contributed by atoms with Crippen LogP contribution in [-0.2, 0) is 23.9 Å². The standard InChI is InChI=1S/C13H23NO5/c1-4-7-11(15)14(10-13(17)19-6-3)9-8-12(16)18-5-2/h4-10H2,1-3H3. The lowest BCUT2D eigenvalue weighted by molar-refractivity contribution is -0.150. The van der Waals surface area contributed by atoms with E-state index < -0.39 is 5.97 Å². The molecule has 0 N–H and O–H groups in total. The fourth-order valence-electron chi connectivity index (χ4n) is 1.49. The maximum Gasteiger partial charge on any atom is 0.325 e. The zero-order valence-electron chi connectivity index (χ0n) is 11.9. The highest BCUT2D eigenvalue weighted by Crippen LogP contribution is 2.01. The van der Waals surface area contributed by atoms with Crippen molar-refractivity contribution in [2.45, 2.75) is 40.0 Å². The molecule has 0 atom stereocenters. The molecule has 0 aromatic rings. The average molecular weight is 273 g/mol. The number of nitrogens with zero attached hydrogens (tertiary/aromatic N) is 1. The largest absolute Gasteiger partial charge is 0.466 e. The summed E-state index contributed by atoms with van der Waals surface area (Å²) in [4.78, 5) is 35.8. The Morgan fingerprint density at radius 1 is 0.895 bits per heavy atom. The van der Waals surface area contributed by atoms with E-state index in [2.05, 4.69) is 0 Å². The molecule has 0 unspecified atom stereocenters. The van der Waals surface area contributed by atoms with Crippen LogP contribution in [0.2, 0.25) is 0 Å². The van der Waals surface area contributed by atoms with Crippen LogP contribution in [0.25, 0.3) is 0 Å². The third kappa shape index (κ3) is 8.18. The molecule has 0 aromatic carbocycles. The van der Waals surface area contributed by atoms with Gasteiger partial charge >= 0.3 is 11.9 Å². The van der Waals surface area contributed by atoms with Crippen LogP contribution in [0.3, 0.4) is 0 Å². The molecule has 1 amide bonds. The molecular formula is C13H23NO5. The Morgan fingerprint density at radius 3 is 2.00 bits per heavy atom. The molecule has 0 spiro atoms. The fraction of sp³-hybridized carbons (Fsp3) is 0.769. The molecule has 0 aliphatic heterocycles. The van der Waals surface area contributed by atoms with Gasteiger partial charge in [0.05, 0.1) is 19.6 Å². The van der Waals surface area contributed by atoms with E-state index in [-0.39, 0.29) is 38.0 Å². The van der Waals surface area contributed by atoms with E-state index in [1.165, 1.54) is 4.90 Å². The van der Waals surface area contributed by atoms with Crippen molar-refractivity contribution < 1.29 is 23.9 Å². The Morgan fingerprint density at radius 2 is 1.47 bits per heavy atom. The van der Waals surface area contributed by atoms with E-state index >= 15 is 0 Å². The number of rotatable bonds is 9. The van der Waals surface area contributed by atoms with Gasteiger partial charge in [-0.1, -0.05) is 6.92 Å². The zero-order valence-corrected chi connectivity index (χ0v) is 11.9. The maximum atomic E-state index is 11.8. The van der Waals surface area contributed by atoms with E-state index in [4.69, 9.17) is 9.47 Å². The minimum absolute atomic E-state index is 0.0860. The van der Waals surface area contributed by atoms with Gasteiger partial charge in [0, 0.05) is 13.0 Å². The highest BCUT2D eigenvalue weighted by atomic mass is 16.5. The highest BCUT2D eigenvalue weighted by molar-refractivity contribution is 5.82. The molecule has 0 radical (unpaired) electrons. The zero-order chi connectivity index (χ0) is 14.7. The summed E-state index contributed by atoms with van der Waals surface area (Å²) in [5, 5.41) is 0. The van der Waals surface area contributed by atoms with Crippen molar-refractivity contribution in [3.05, 3.63) is 0 Å². The molecule has 0 saturated carbocycles. The topological polar surface area (TPSA) is 72.9 Å². The summed E-state index contributed by atoms with van der Waals surface area (Å²) in [6.45, 7) is 5.94. The van der Waals surface area contributed by atoms with Gasteiger partial charge < -0.3 is 14.4 Å². The predicted molar refractivity (Wildman–Crippen MR) is 69.4 cm³/mol. The van der Waals surface area contributed by atoms with Crippen molar-refractivity contribution in [1.82, 2.24) is 4.90 Å². The molecule has 6 nitrogen and oxygen atoms in total. The third-order valence-electron chi connectivity index (χ3n) is 2.33. The Hall–Kier alpha value is -1.59. The fourth-order valence-corrected chi connectivity index (χ4v) is 1.49. The van der Waals surface area contributed by atoms with Crippen molar-refractivity contribution in [2.75, 3.05) is 26.3 Å². The number of ether oxygens (including phenoxy) is 2.